The van der Waals surface area contributed by atoms with E-state index in [0.717, 1.165) is 52.9 Å². The molecule has 0 heterocycles. The van der Waals surface area contributed by atoms with Crippen LogP contribution in [0.1, 0.15) is 246 Å². The minimum absolute atomic E-state index is 0.0902. The SMILES string of the molecule is CC(C)CNCc1cc(C(C)C)ccc1F.CC(C)NCc1cc(C(C)C)ccc1F.CC(C)c1ccc(F)c(CN(C)C)c1.CC(C)c1ccc(F)c(CN)c1.CC(C)c1ccc(F)c(CNC2CC2)c1.CCCCNCc1cc(C(C)C)ccc1F. The van der Waals surface area contributed by atoms with Gasteiger partial charge >= 0.3 is 0 Å². The molecule has 1 aliphatic carbocycles. The highest BCUT2D eigenvalue weighted by atomic mass is 19.1. The summed E-state index contributed by atoms with van der Waals surface area (Å²) in [7, 11) is 3.89. The van der Waals surface area contributed by atoms with Crippen molar-refractivity contribution in [1.29, 1.82) is 0 Å². The number of hydrogen-bond acceptors (Lipinski definition) is 6. The van der Waals surface area contributed by atoms with E-state index in [1.54, 1.807) is 36.4 Å². The Hall–Kier alpha value is -5.34. The molecule has 0 amide bonds. The van der Waals surface area contributed by atoms with Gasteiger partial charge in [-0.1, -0.05) is 197 Å². The van der Waals surface area contributed by atoms with Crippen LogP contribution in [0.3, 0.4) is 0 Å². The van der Waals surface area contributed by atoms with Crippen molar-refractivity contribution in [1.82, 2.24) is 26.2 Å². The number of nitrogens with zero attached hydrogens (tertiary/aromatic N) is 1. The van der Waals surface area contributed by atoms with Crippen LogP contribution in [-0.2, 0) is 39.3 Å². The van der Waals surface area contributed by atoms with Gasteiger partial charge in [0, 0.05) is 84.7 Å². The summed E-state index contributed by atoms with van der Waals surface area (Å²) >= 11 is 0. The van der Waals surface area contributed by atoms with E-state index < -0.39 is 0 Å². The third kappa shape index (κ3) is 31.4. The van der Waals surface area contributed by atoms with E-state index in [1.165, 1.54) is 53.1 Å². The molecule has 0 aromatic heterocycles. The third-order valence-electron chi connectivity index (χ3n) is 14.9. The van der Waals surface area contributed by atoms with Crippen LogP contribution in [-0.4, -0.2) is 44.2 Å². The molecule has 0 radical (unpaired) electrons. The zero-order valence-electron chi connectivity index (χ0n) is 57.4. The van der Waals surface area contributed by atoms with Gasteiger partial charge in [-0.25, -0.2) is 26.3 Å². The normalized spacial score (nSPS) is 12.0. The minimum atomic E-state index is -0.207. The van der Waals surface area contributed by atoms with E-state index in [1.807, 2.05) is 85.7 Å². The maximum Gasteiger partial charge on any atom is 0.127 e. The first kappa shape index (κ1) is 78.8. The summed E-state index contributed by atoms with van der Waals surface area (Å²) in [6, 6.07) is 33.2. The lowest BCUT2D eigenvalue weighted by Gasteiger charge is -2.13. The Balaban J connectivity index is 0.000000361. The number of unbranched alkanes of at least 4 members (excludes halogenated alkanes) is 1. The van der Waals surface area contributed by atoms with Gasteiger partial charge in [-0.15, -0.1) is 0 Å². The first-order valence-corrected chi connectivity index (χ1v) is 32.4. The molecule has 0 unspecified atom stereocenters. The smallest absolute Gasteiger partial charge is 0.127 e. The van der Waals surface area contributed by atoms with Gasteiger partial charge in [0.25, 0.3) is 0 Å². The van der Waals surface area contributed by atoms with E-state index in [4.69, 9.17) is 5.73 Å². The Kier molecular flexibility index (Phi) is 37.5. The summed E-state index contributed by atoms with van der Waals surface area (Å²) in [6.45, 7) is 41.3. The average Bonchev–Trinajstić information content (AvgIpc) is 4.45. The number of hydrogen-bond donors (Lipinski definition) is 5. The van der Waals surface area contributed by atoms with Crippen molar-refractivity contribution < 1.29 is 26.3 Å². The topological polar surface area (TPSA) is 77.4 Å². The Labute approximate surface area is 530 Å². The standard InChI is InChI=1S/2C14H22FN.C13H18FN.C13H20FN.C12H18FN.C10H14FN/c1-10(2)8-16-9-13-7-12(11(3)4)5-6-14(13)15;1-4-5-8-16-10-13-9-12(11(2)3)6-7-14(13)15;1-9(2)10-3-6-13(14)11(7-10)8-15-12-4-5-12;1-9(2)11-5-6-13(14)12(7-11)8-15-10(3)4;1-9(2)10-5-6-12(13)11(7-10)8-14(3)4;1-7(2)8-3-4-10(11)9(5-8)6-12/h5-7,10-11,16H,8-9H2,1-4H3;6-7,9,11,16H,4-5,8,10H2,1-3H3;3,6-7,9,12,15H,4-5,8H2,1-2H3;5-7,9-10,15H,8H2,1-4H3;5-7,9H,8H2,1-4H3;3-5,7H,6,12H2,1-2H3. The van der Waals surface area contributed by atoms with Crippen LogP contribution in [0, 0.1) is 40.8 Å². The lowest BCUT2D eigenvalue weighted by Crippen LogP contribution is -2.22. The number of rotatable bonds is 24. The van der Waals surface area contributed by atoms with Crippen LogP contribution in [0.2, 0.25) is 0 Å². The summed E-state index contributed by atoms with van der Waals surface area (Å²) < 4.78 is 80.2. The minimum Gasteiger partial charge on any atom is -0.326 e. The number of nitrogens with one attached hydrogen (secondary N) is 4. The molecule has 0 atom stereocenters. The average molecular weight is 1230 g/mol. The highest BCUT2D eigenvalue weighted by Crippen LogP contribution is 2.25. The molecule has 1 saturated carbocycles. The molecular formula is C76H114F6N6. The van der Waals surface area contributed by atoms with Gasteiger partial charge in [-0.05, 0) is 158 Å². The first-order valence-electron chi connectivity index (χ1n) is 32.4. The van der Waals surface area contributed by atoms with Crippen LogP contribution in [0.15, 0.2) is 109 Å². The summed E-state index contributed by atoms with van der Waals surface area (Å²) in [5.41, 5.74) is 17.0. The van der Waals surface area contributed by atoms with Crippen molar-refractivity contribution in [3.05, 3.63) is 211 Å². The molecule has 1 aliphatic rings. The number of benzene rings is 6. The molecule has 490 valence electrons. The van der Waals surface area contributed by atoms with Crippen molar-refractivity contribution in [3.63, 3.8) is 0 Å². The lowest BCUT2D eigenvalue weighted by molar-refractivity contribution is 0.392. The van der Waals surface area contributed by atoms with Crippen molar-refractivity contribution in [2.24, 2.45) is 11.7 Å². The fourth-order valence-corrected chi connectivity index (χ4v) is 8.76. The molecule has 0 bridgehead atoms. The van der Waals surface area contributed by atoms with Crippen LogP contribution < -0.4 is 27.0 Å². The molecule has 6 aromatic carbocycles. The summed E-state index contributed by atoms with van der Waals surface area (Å²) in [6.07, 6.45) is 4.80. The van der Waals surface area contributed by atoms with E-state index in [2.05, 4.69) is 139 Å². The molecule has 6 N–H and O–H groups in total. The Bertz CT molecular complexity index is 2830. The molecule has 0 aliphatic heterocycles. The third-order valence-corrected chi connectivity index (χ3v) is 14.9. The largest absolute Gasteiger partial charge is 0.326 e. The lowest BCUT2D eigenvalue weighted by atomic mass is 10.0. The van der Waals surface area contributed by atoms with Crippen molar-refractivity contribution in [2.75, 3.05) is 27.2 Å². The highest BCUT2D eigenvalue weighted by Gasteiger charge is 2.21. The van der Waals surface area contributed by atoms with Gasteiger partial charge in [0.2, 0.25) is 0 Å². The summed E-state index contributed by atoms with van der Waals surface area (Å²) in [5.74, 6) is 2.55. The van der Waals surface area contributed by atoms with Crippen LogP contribution >= 0.6 is 0 Å². The van der Waals surface area contributed by atoms with Crippen molar-refractivity contribution >= 4 is 0 Å². The predicted octanol–water partition coefficient (Wildman–Crippen LogP) is 19.6. The van der Waals surface area contributed by atoms with Gasteiger partial charge in [0.15, 0.2) is 0 Å². The van der Waals surface area contributed by atoms with Gasteiger partial charge < -0.3 is 31.9 Å². The summed E-state index contributed by atoms with van der Waals surface area (Å²) in [4.78, 5) is 1.97. The predicted molar refractivity (Wildman–Crippen MR) is 363 cm³/mol. The Morgan fingerprint density at radius 2 is 0.727 bits per heavy atom. The second-order valence-corrected chi connectivity index (χ2v) is 26.2. The molecule has 6 nitrogen and oxygen atoms in total. The molecule has 7 rings (SSSR count). The fourth-order valence-electron chi connectivity index (χ4n) is 8.76. The van der Waals surface area contributed by atoms with E-state index >= 15 is 0 Å². The molecule has 12 heteroatoms. The maximum atomic E-state index is 13.5. The van der Waals surface area contributed by atoms with Gasteiger partial charge in [-0.2, -0.15) is 0 Å². The van der Waals surface area contributed by atoms with E-state index in [-0.39, 0.29) is 41.4 Å². The van der Waals surface area contributed by atoms with Crippen molar-refractivity contribution in [3.8, 4) is 0 Å². The number of nitrogens with two attached hydrogens (primary N) is 1. The number of halogens is 6. The maximum absolute atomic E-state index is 13.5. The second kappa shape index (κ2) is 41.9. The van der Waals surface area contributed by atoms with Gasteiger partial charge in [0.05, 0.1) is 0 Å². The summed E-state index contributed by atoms with van der Waals surface area (Å²) in [5, 5.41) is 13.1. The highest BCUT2D eigenvalue weighted by molar-refractivity contribution is 5.32. The van der Waals surface area contributed by atoms with Crippen LogP contribution in [0.25, 0.3) is 0 Å². The first-order chi connectivity index (χ1) is 41.5. The molecule has 0 spiro atoms. The molecule has 6 aromatic rings. The molecule has 0 saturated heterocycles. The van der Waals surface area contributed by atoms with E-state index in [0.29, 0.717) is 91.8 Å². The van der Waals surface area contributed by atoms with Gasteiger partial charge in [0.1, 0.15) is 34.9 Å². The van der Waals surface area contributed by atoms with Crippen LogP contribution in [0.4, 0.5) is 26.3 Å². The van der Waals surface area contributed by atoms with Gasteiger partial charge in [-0.3, -0.25) is 0 Å². The zero-order chi connectivity index (χ0) is 66.2. The monoisotopic (exact) mass is 1220 g/mol. The fraction of sp³-hybridized carbons (Fsp3) is 0.526. The molecular weight excluding hydrogens is 1110 g/mol. The second-order valence-electron chi connectivity index (χ2n) is 26.2. The van der Waals surface area contributed by atoms with E-state index in [9.17, 15) is 26.3 Å². The zero-order valence-corrected chi connectivity index (χ0v) is 57.4. The Morgan fingerprint density at radius 3 is 1.03 bits per heavy atom. The van der Waals surface area contributed by atoms with Crippen molar-refractivity contribution in [2.45, 2.75) is 230 Å². The van der Waals surface area contributed by atoms with Crippen LogP contribution in [0.5, 0.6) is 0 Å². The molecule has 88 heavy (non-hydrogen) atoms. The molecule has 1 fully saturated rings. The quantitative estimate of drug-likeness (QED) is 0.0307. The Morgan fingerprint density at radius 1 is 0.420 bits per heavy atom.